The molecule has 0 saturated heterocycles. The summed E-state index contributed by atoms with van der Waals surface area (Å²) in [4.78, 5) is 14.1. The highest BCUT2D eigenvalue weighted by molar-refractivity contribution is 7.98. The van der Waals surface area contributed by atoms with Gasteiger partial charge in [-0.05, 0) is 55.0 Å². The van der Waals surface area contributed by atoms with Gasteiger partial charge in [0.05, 0.1) is 28.5 Å². The molecular formula is C35H35ClN6O2S2. The molecule has 6 aromatic rings. The zero-order chi connectivity index (χ0) is 32.1. The summed E-state index contributed by atoms with van der Waals surface area (Å²) in [5.41, 5.74) is 14.3. The molecule has 11 heteroatoms. The summed E-state index contributed by atoms with van der Waals surface area (Å²) in [5, 5.41) is 13.5. The van der Waals surface area contributed by atoms with Crippen LogP contribution in [0.15, 0.2) is 59.5 Å². The average molecular weight is 671 g/mol. The van der Waals surface area contributed by atoms with Crippen LogP contribution < -0.4 is 10.5 Å². The number of carbonyl (C=O) groups is 1. The number of halogens is 1. The monoisotopic (exact) mass is 670 g/mol. The van der Waals surface area contributed by atoms with E-state index in [0.717, 1.165) is 77.6 Å². The Kier molecular flexibility index (Phi) is 8.29. The zero-order valence-corrected chi connectivity index (χ0v) is 28.7. The molecule has 2 N–H and O–H groups in total. The van der Waals surface area contributed by atoms with E-state index in [-0.39, 0.29) is 0 Å². The van der Waals surface area contributed by atoms with Gasteiger partial charge in [0.25, 0.3) is 5.91 Å². The molecule has 0 unspecified atom stereocenters. The maximum Gasteiger partial charge on any atom is 0.265 e. The first-order chi connectivity index (χ1) is 22.2. The molecule has 0 saturated carbocycles. The van der Waals surface area contributed by atoms with Gasteiger partial charge in [-0.1, -0.05) is 41.9 Å². The van der Waals surface area contributed by atoms with Crippen LogP contribution in [0.5, 0.6) is 5.75 Å². The number of primary amides is 1. The third-order valence-corrected chi connectivity index (χ3v) is 11.1. The van der Waals surface area contributed by atoms with Crippen LogP contribution in [-0.2, 0) is 44.8 Å². The lowest BCUT2D eigenvalue weighted by atomic mass is 9.98. The molecule has 0 fully saturated rings. The van der Waals surface area contributed by atoms with Crippen molar-refractivity contribution in [1.82, 2.24) is 24.1 Å². The van der Waals surface area contributed by atoms with Gasteiger partial charge in [0.15, 0.2) is 0 Å². The number of hydrogen-bond donors (Lipinski definition) is 1. The van der Waals surface area contributed by atoms with Crippen LogP contribution >= 0.6 is 35.1 Å². The van der Waals surface area contributed by atoms with Crippen molar-refractivity contribution in [3.8, 4) is 16.9 Å². The molecule has 7 rings (SSSR count). The van der Waals surface area contributed by atoms with Crippen LogP contribution in [0.25, 0.3) is 32.8 Å². The van der Waals surface area contributed by atoms with Crippen molar-refractivity contribution in [3.63, 3.8) is 0 Å². The lowest BCUT2D eigenvalue weighted by Crippen LogP contribution is -2.17. The Labute approximate surface area is 281 Å². The standard InChI is InChI=1S/C35H35ClN6O2S2/c1-20-31-29(39-41(20)3)19-45-17-22-15-23(42(4)38-22)18-46-24-14-21-8-5-6-9-25(21)30(16-24)44-13-7-10-26-27-11-12-28(36)32(31)33(27)40(2)34(26)35(37)43/h5-6,8-9,11-12,14-16H,7,10,13,17-19H2,1-4H3,(H2,37,43). The first-order valence-electron chi connectivity index (χ1n) is 15.2. The summed E-state index contributed by atoms with van der Waals surface area (Å²) in [7, 11) is 5.86. The Morgan fingerprint density at radius 2 is 1.78 bits per heavy atom. The highest BCUT2D eigenvalue weighted by atomic mass is 35.5. The van der Waals surface area contributed by atoms with Crippen LogP contribution in [-0.4, -0.2) is 36.6 Å². The predicted molar refractivity (Wildman–Crippen MR) is 189 cm³/mol. The number of nitrogens with two attached hydrogens (primary N) is 1. The summed E-state index contributed by atoms with van der Waals surface area (Å²) < 4.78 is 12.3. The van der Waals surface area contributed by atoms with Crippen LogP contribution in [0.4, 0.5) is 0 Å². The molecule has 4 heterocycles. The molecule has 0 spiro atoms. The van der Waals surface area contributed by atoms with Gasteiger partial charge in [0.2, 0.25) is 0 Å². The highest BCUT2D eigenvalue weighted by Crippen LogP contribution is 2.43. The Balaban J connectivity index is 1.36. The molecule has 236 valence electrons. The van der Waals surface area contributed by atoms with Crippen molar-refractivity contribution in [2.75, 3.05) is 6.61 Å². The van der Waals surface area contributed by atoms with E-state index in [9.17, 15) is 4.79 Å². The number of benzene rings is 3. The first kappa shape index (κ1) is 30.8. The Morgan fingerprint density at radius 1 is 0.957 bits per heavy atom. The maximum atomic E-state index is 12.9. The van der Waals surface area contributed by atoms with Gasteiger partial charge in [-0.2, -0.15) is 10.2 Å². The number of rotatable bonds is 1. The molecule has 3 aromatic heterocycles. The fourth-order valence-corrected chi connectivity index (χ4v) is 8.66. The number of fused-ring (bicyclic) bond motifs is 8. The second kappa shape index (κ2) is 12.4. The summed E-state index contributed by atoms with van der Waals surface area (Å²) >= 11 is 10.6. The van der Waals surface area contributed by atoms with E-state index >= 15 is 0 Å². The van der Waals surface area contributed by atoms with Crippen LogP contribution in [0.1, 0.15) is 45.2 Å². The lowest BCUT2D eigenvalue weighted by molar-refractivity contribution is 0.0992. The second-order valence-corrected chi connectivity index (χ2v) is 14.2. The summed E-state index contributed by atoms with van der Waals surface area (Å²) in [6.07, 6.45) is 1.33. The fraction of sp³-hybridized carbons (Fsp3) is 0.286. The normalized spacial score (nSPS) is 14.3. The van der Waals surface area contributed by atoms with Gasteiger partial charge in [-0.3, -0.25) is 14.2 Å². The molecule has 0 aliphatic carbocycles. The molecule has 8 bridgehead atoms. The van der Waals surface area contributed by atoms with E-state index in [0.29, 0.717) is 35.9 Å². The molecule has 3 aromatic carbocycles. The predicted octanol–water partition coefficient (Wildman–Crippen LogP) is 7.58. The van der Waals surface area contributed by atoms with Gasteiger partial charge in [-0.25, -0.2) is 0 Å². The largest absolute Gasteiger partial charge is 0.493 e. The number of hydrogen-bond acceptors (Lipinski definition) is 6. The Hall–Kier alpha value is -3.86. The third kappa shape index (κ3) is 5.46. The minimum atomic E-state index is -0.463. The third-order valence-electron chi connectivity index (χ3n) is 8.83. The first-order valence-corrected chi connectivity index (χ1v) is 17.7. The number of thioether (sulfide) groups is 2. The number of ether oxygens (including phenoxy) is 1. The number of aromatic nitrogens is 5. The SMILES string of the molecule is Cc1c2c(nn1C)CSCc1cc(n(C)n1)CSc1cc(c3ccccc3c1)OCCCc1c(C(N)=O)n(C)c3c-2c(Cl)ccc13. The zero-order valence-electron chi connectivity index (χ0n) is 26.3. The van der Waals surface area contributed by atoms with Crippen LogP contribution in [0.2, 0.25) is 5.02 Å². The van der Waals surface area contributed by atoms with E-state index in [2.05, 4.69) is 43.3 Å². The second-order valence-electron chi connectivity index (χ2n) is 11.7. The molecule has 0 radical (unpaired) electrons. The summed E-state index contributed by atoms with van der Waals surface area (Å²) in [6.45, 7) is 2.55. The Bertz CT molecular complexity index is 2150. The number of aryl methyl sites for hydroxylation is 4. The van der Waals surface area contributed by atoms with Crippen LogP contribution in [0.3, 0.4) is 0 Å². The van der Waals surface area contributed by atoms with E-state index in [1.54, 1.807) is 23.5 Å². The van der Waals surface area contributed by atoms with Gasteiger partial charge < -0.3 is 15.0 Å². The van der Waals surface area contributed by atoms with E-state index < -0.39 is 5.91 Å². The molecule has 8 nitrogen and oxygen atoms in total. The van der Waals surface area contributed by atoms with E-state index in [1.165, 1.54) is 5.69 Å². The summed E-state index contributed by atoms with van der Waals surface area (Å²) in [5.74, 6) is 2.62. The maximum absolute atomic E-state index is 12.9. The molecular weight excluding hydrogens is 636 g/mol. The number of nitrogens with zero attached hydrogens (tertiary/aromatic N) is 5. The Morgan fingerprint density at radius 3 is 2.61 bits per heavy atom. The van der Waals surface area contributed by atoms with Crippen molar-refractivity contribution in [2.24, 2.45) is 26.9 Å². The molecule has 1 aliphatic rings. The highest BCUT2D eigenvalue weighted by Gasteiger charge is 2.26. The fourth-order valence-electron chi connectivity index (χ4n) is 6.58. The minimum absolute atomic E-state index is 0.463. The quantitative estimate of drug-likeness (QED) is 0.194. The van der Waals surface area contributed by atoms with Crippen molar-refractivity contribution >= 4 is 62.7 Å². The lowest BCUT2D eigenvalue weighted by Gasteiger charge is -2.12. The van der Waals surface area contributed by atoms with E-state index in [4.69, 9.17) is 32.3 Å². The van der Waals surface area contributed by atoms with E-state index in [1.807, 2.05) is 53.3 Å². The number of amides is 1. The van der Waals surface area contributed by atoms with Crippen molar-refractivity contribution in [2.45, 2.75) is 41.9 Å². The van der Waals surface area contributed by atoms with Crippen molar-refractivity contribution in [3.05, 3.63) is 93.7 Å². The van der Waals surface area contributed by atoms with Crippen molar-refractivity contribution < 1.29 is 9.53 Å². The average Bonchev–Trinajstić information content (AvgIpc) is 3.63. The minimum Gasteiger partial charge on any atom is -0.493 e. The molecule has 1 amide bonds. The number of carbonyl (C=O) groups excluding carboxylic acids is 1. The van der Waals surface area contributed by atoms with Gasteiger partial charge >= 0.3 is 0 Å². The van der Waals surface area contributed by atoms with Gasteiger partial charge in [-0.15, -0.1) is 23.5 Å². The topological polar surface area (TPSA) is 92.9 Å². The van der Waals surface area contributed by atoms with Gasteiger partial charge in [0, 0.05) is 76.6 Å². The molecule has 0 atom stereocenters. The van der Waals surface area contributed by atoms with Gasteiger partial charge in [0.1, 0.15) is 11.4 Å². The van der Waals surface area contributed by atoms with Crippen LogP contribution in [0, 0.1) is 6.92 Å². The smallest absolute Gasteiger partial charge is 0.265 e. The summed E-state index contributed by atoms with van der Waals surface area (Å²) in [6, 6.07) is 18.8. The van der Waals surface area contributed by atoms with Crippen molar-refractivity contribution in [1.29, 1.82) is 0 Å². The molecule has 1 aliphatic heterocycles. The molecule has 46 heavy (non-hydrogen) atoms.